The lowest BCUT2D eigenvalue weighted by Gasteiger charge is -2.04. The molecule has 0 aliphatic heterocycles. The van der Waals surface area contributed by atoms with Crippen LogP contribution in [0.15, 0.2) is 36.8 Å². The highest BCUT2D eigenvalue weighted by atomic mass is 19.1. The summed E-state index contributed by atoms with van der Waals surface area (Å²) < 4.78 is 15.4. The molecule has 0 unspecified atom stereocenters. The van der Waals surface area contributed by atoms with Crippen molar-refractivity contribution in [3.63, 3.8) is 0 Å². The number of carbonyl (C=O) groups is 1. The Balaban J connectivity index is 2.33. The first-order valence-electron chi connectivity index (χ1n) is 5.28. The lowest BCUT2D eigenvalue weighted by Crippen LogP contribution is -1.95. The quantitative estimate of drug-likeness (QED) is 0.846. The normalized spacial score (nSPS) is 11.0. The van der Waals surface area contributed by atoms with Gasteiger partial charge in [0.05, 0.1) is 17.7 Å². The summed E-state index contributed by atoms with van der Waals surface area (Å²) >= 11 is 0. The smallest absolute Gasteiger partial charge is 0.328 e. The Hall–Kier alpha value is -2.43. The van der Waals surface area contributed by atoms with Gasteiger partial charge in [0.2, 0.25) is 0 Å². The van der Waals surface area contributed by atoms with Crippen LogP contribution in [0, 0.1) is 12.7 Å². The van der Waals surface area contributed by atoms with Gasteiger partial charge in [0.25, 0.3) is 0 Å². The van der Waals surface area contributed by atoms with Crippen molar-refractivity contribution in [2.24, 2.45) is 0 Å². The molecule has 18 heavy (non-hydrogen) atoms. The van der Waals surface area contributed by atoms with E-state index in [1.54, 1.807) is 22.9 Å². The molecule has 92 valence electrons. The number of halogens is 1. The van der Waals surface area contributed by atoms with E-state index in [0.29, 0.717) is 11.3 Å². The Labute approximate surface area is 103 Å². The highest BCUT2D eigenvalue weighted by molar-refractivity contribution is 5.85. The minimum Gasteiger partial charge on any atom is -0.478 e. The Morgan fingerprint density at radius 2 is 2.28 bits per heavy atom. The first kappa shape index (κ1) is 12.0. The summed E-state index contributed by atoms with van der Waals surface area (Å²) in [6.07, 6.45) is 5.55. The van der Waals surface area contributed by atoms with Crippen LogP contribution in [0.1, 0.15) is 11.3 Å². The number of aryl methyl sites for hydroxylation is 1. The molecule has 0 atom stereocenters. The fourth-order valence-electron chi connectivity index (χ4n) is 1.56. The number of benzene rings is 1. The summed E-state index contributed by atoms with van der Waals surface area (Å²) in [6.45, 7) is 1.82. The van der Waals surface area contributed by atoms with Crippen LogP contribution in [0.3, 0.4) is 0 Å². The van der Waals surface area contributed by atoms with Crippen molar-refractivity contribution in [3.05, 3.63) is 53.9 Å². The van der Waals surface area contributed by atoms with Gasteiger partial charge in [-0.15, -0.1) is 0 Å². The molecule has 0 saturated heterocycles. The van der Waals surface area contributed by atoms with Crippen LogP contribution >= 0.6 is 0 Å². The zero-order valence-corrected chi connectivity index (χ0v) is 9.67. The predicted molar refractivity (Wildman–Crippen MR) is 64.9 cm³/mol. The minimum atomic E-state index is -1.07. The van der Waals surface area contributed by atoms with Crippen LogP contribution in [-0.2, 0) is 4.79 Å². The molecule has 2 aromatic rings. The van der Waals surface area contributed by atoms with Crippen LogP contribution in [0.2, 0.25) is 0 Å². The highest BCUT2D eigenvalue weighted by Crippen LogP contribution is 2.16. The number of rotatable bonds is 3. The van der Waals surface area contributed by atoms with E-state index in [0.717, 1.165) is 11.8 Å². The maximum Gasteiger partial charge on any atom is 0.328 e. The van der Waals surface area contributed by atoms with Gasteiger partial charge >= 0.3 is 5.97 Å². The summed E-state index contributed by atoms with van der Waals surface area (Å²) in [6, 6.07) is 4.51. The maximum absolute atomic E-state index is 13.8. The average Bonchev–Trinajstić information content (AvgIpc) is 2.73. The number of carboxylic acid groups (broad SMARTS) is 1. The third kappa shape index (κ3) is 2.63. The molecule has 0 amide bonds. The van der Waals surface area contributed by atoms with Crippen LogP contribution in [0.25, 0.3) is 11.8 Å². The molecule has 0 spiro atoms. The summed E-state index contributed by atoms with van der Waals surface area (Å²) in [7, 11) is 0. The van der Waals surface area contributed by atoms with Gasteiger partial charge in [-0.1, -0.05) is 6.07 Å². The van der Waals surface area contributed by atoms with Crippen LogP contribution in [-0.4, -0.2) is 20.6 Å². The molecule has 0 bridgehead atoms. The molecule has 0 radical (unpaired) electrons. The number of nitrogens with zero attached hydrogens (tertiary/aromatic N) is 2. The summed E-state index contributed by atoms with van der Waals surface area (Å²) in [5, 5.41) is 8.49. The van der Waals surface area contributed by atoms with Crippen molar-refractivity contribution in [2.45, 2.75) is 6.92 Å². The molecule has 5 heteroatoms. The lowest BCUT2D eigenvalue weighted by atomic mass is 10.2. The molecule has 0 aliphatic carbocycles. The SMILES string of the molecule is Cc1cn(-c2ccc(C=CC(=O)O)cc2F)cn1. The maximum atomic E-state index is 13.8. The van der Waals surface area contributed by atoms with Gasteiger partial charge in [-0.25, -0.2) is 14.2 Å². The van der Waals surface area contributed by atoms with Crippen LogP contribution < -0.4 is 0 Å². The van der Waals surface area contributed by atoms with E-state index < -0.39 is 11.8 Å². The van der Waals surface area contributed by atoms with E-state index in [-0.39, 0.29) is 0 Å². The van der Waals surface area contributed by atoms with Gasteiger partial charge in [0.15, 0.2) is 0 Å². The van der Waals surface area contributed by atoms with Crippen molar-refractivity contribution >= 4 is 12.0 Å². The van der Waals surface area contributed by atoms with E-state index in [9.17, 15) is 9.18 Å². The van der Waals surface area contributed by atoms with E-state index in [2.05, 4.69) is 4.98 Å². The van der Waals surface area contributed by atoms with Crippen molar-refractivity contribution < 1.29 is 14.3 Å². The lowest BCUT2D eigenvalue weighted by molar-refractivity contribution is -0.131. The summed E-state index contributed by atoms with van der Waals surface area (Å²) in [4.78, 5) is 14.4. The number of hydrogen-bond acceptors (Lipinski definition) is 2. The van der Waals surface area contributed by atoms with Gasteiger partial charge in [-0.05, 0) is 30.7 Å². The average molecular weight is 246 g/mol. The second-order valence-electron chi connectivity index (χ2n) is 3.80. The van der Waals surface area contributed by atoms with Gasteiger partial charge in [-0.2, -0.15) is 0 Å². The molecule has 0 fully saturated rings. The number of aromatic nitrogens is 2. The number of imidazole rings is 1. The Morgan fingerprint density at radius 3 is 2.83 bits per heavy atom. The molecular weight excluding hydrogens is 235 g/mol. The summed E-state index contributed by atoms with van der Waals surface area (Å²) in [5.41, 5.74) is 1.67. The van der Waals surface area contributed by atoms with Gasteiger partial charge < -0.3 is 9.67 Å². The number of carboxylic acids is 1. The van der Waals surface area contributed by atoms with Gasteiger partial charge in [-0.3, -0.25) is 0 Å². The van der Waals surface area contributed by atoms with Crippen molar-refractivity contribution in [3.8, 4) is 5.69 Å². The van der Waals surface area contributed by atoms with Gasteiger partial charge in [0.1, 0.15) is 5.82 Å². The molecule has 0 saturated carbocycles. The third-order valence-corrected chi connectivity index (χ3v) is 2.38. The standard InChI is InChI=1S/C13H11FN2O2/c1-9-7-16(8-15-9)12-4-2-10(6-11(12)14)3-5-13(17)18/h2-8H,1H3,(H,17,18). The largest absolute Gasteiger partial charge is 0.478 e. The third-order valence-electron chi connectivity index (χ3n) is 2.38. The molecule has 1 heterocycles. The Kier molecular flexibility index (Phi) is 3.23. The zero-order valence-electron chi connectivity index (χ0n) is 9.67. The topological polar surface area (TPSA) is 55.1 Å². The fourth-order valence-corrected chi connectivity index (χ4v) is 1.56. The monoisotopic (exact) mass is 246 g/mol. The molecule has 1 aromatic heterocycles. The minimum absolute atomic E-state index is 0.378. The van der Waals surface area contributed by atoms with E-state index >= 15 is 0 Å². The fraction of sp³-hybridized carbons (Fsp3) is 0.0769. The molecule has 4 nitrogen and oxygen atoms in total. The molecular formula is C13H11FN2O2. The first-order chi connectivity index (χ1) is 8.56. The number of hydrogen-bond donors (Lipinski definition) is 1. The first-order valence-corrected chi connectivity index (χ1v) is 5.28. The number of aliphatic carboxylic acids is 1. The van der Waals surface area contributed by atoms with Crippen molar-refractivity contribution in [1.82, 2.24) is 9.55 Å². The van der Waals surface area contributed by atoms with Crippen molar-refractivity contribution in [2.75, 3.05) is 0 Å². The Bertz CT molecular complexity index is 617. The highest BCUT2D eigenvalue weighted by Gasteiger charge is 2.05. The van der Waals surface area contributed by atoms with E-state index in [1.807, 2.05) is 6.92 Å². The molecule has 0 aliphatic rings. The predicted octanol–water partition coefficient (Wildman–Crippen LogP) is 2.42. The van der Waals surface area contributed by atoms with E-state index in [4.69, 9.17) is 5.11 Å². The zero-order chi connectivity index (χ0) is 13.1. The van der Waals surface area contributed by atoms with Gasteiger partial charge in [0, 0.05) is 12.3 Å². The summed E-state index contributed by atoms with van der Waals surface area (Å²) in [5.74, 6) is -1.50. The van der Waals surface area contributed by atoms with Crippen molar-refractivity contribution in [1.29, 1.82) is 0 Å². The Morgan fingerprint density at radius 1 is 1.50 bits per heavy atom. The molecule has 1 aromatic carbocycles. The molecule has 1 N–H and O–H groups in total. The van der Waals surface area contributed by atoms with Crippen LogP contribution in [0.5, 0.6) is 0 Å². The second-order valence-corrected chi connectivity index (χ2v) is 3.80. The van der Waals surface area contributed by atoms with Crippen LogP contribution in [0.4, 0.5) is 4.39 Å². The van der Waals surface area contributed by atoms with E-state index in [1.165, 1.54) is 18.5 Å². The molecule has 2 rings (SSSR count). The second kappa shape index (κ2) is 4.83.